The number of pyridine rings is 1. The number of nitrogens with one attached hydrogen (secondary N) is 1. The van der Waals surface area contributed by atoms with Gasteiger partial charge in [-0.05, 0) is 37.8 Å². The van der Waals surface area contributed by atoms with Crippen molar-refractivity contribution in [1.29, 1.82) is 0 Å². The summed E-state index contributed by atoms with van der Waals surface area (Å²) in [6.07, 6.45) is 4.12. The number of halogens is 2. The number of carbonyl (C=O) groups excluding carboxylic acids is 1. The molecule has 1 N–H and O–H groups in total. The summed E-state index contributed by atoms with van der Waals surface area (Å²) in [4.78, 5) is 21.4. The maximum absolute atomic E-state index is 12.6. The van der Waals surface area contributed by atoms with Crippen molar-refractivity contribution in [3.8, 4) is 0 Å². The third kappa shape index (κ3) is 5.91. The van der Waals surface area contributed by atoms with Crippen molar-refractivity contribution in [1.82, 2.24) is 15.2 Å². The van der Waals surface area contributed by atoms with Gasteiger partial charge in [0.25, 0.3) is 0 Å². The molecule has 0 saturated carbocycles. The summed E-state index contributed by atoms with van der Waals surface area (Å²) < 4.78 is 0. The second-order valence-electron chi connectivity index (χ2n) is 6.27. The largest absolute Gasteiger partial charge is 0.357 e. The Labute approximate surface area is 167 Å². The monoisotopic (exact) mass is 406 g/mol. The van der Waals surface area contributed by atoms with Crippen LogP contribution in [0.3, 0.4) is 0 Å². The molecule has 1 aromatic rings. The molecule has 8 heteroatoms. The summed E-state index contributed by atoms with van der Waals surface area (Å²) in [5.41, 5.74) is 0. The maximum Gasteiger partial charge on any atom is 0.240 e. The molecular formula is C17H28Cl2N4OS. The highest BCUT2D eigenvalue weighted by Crippen LogP contribution is 2.23. The summed E-state index contributed by atoms with van der Waals surface area (Å²) in [5.74, 6) is 3.77. The number of thioether (sulfide) groups is 1. The Kier molecular flexibility index (Phi) is 9.94. The minimum absolute atomic E-state index is 0. The van der Waals surface area contributed by atoms with Gasteiger partial charge in [-0.15, -0.1) is 36.6 Å². The van der Waals surface area contributed by atoms with Crippen molar-refractivity contribution < 1.29 is 4.79 Å². The number of amides is 1. The topological polar surface area (TPSA) is 48.5 Å². The van der Waals surface area contributed by atoms with Crippen LogP contribution in [0, 0.1) is 5.92 Å². The molecule has 3 heterocycles. The van der Waals surface area contributed by atoms with E-state index >= 15 is 0 Å². The lowest BCUT2D eigenvalue weighted by Gasteiger charge is -2.35. The van der Waals surface area contributed by atoms with Crippen LogP contribution >= 0.6 is 36.6 Å². The zero-order valence-electron chi connectivity index (χ0n) is 14.6. The van der Waals surface area contributed by atoms with E-state index in [9.17, 15) is 4.79 Å². The van der Waals surface area contributed by atoms with Gasteiger partial charge in [0.2, 0.25) is 5.91 Å². The molecule has 0 aromatic carbocycles. The maximum atomic E-state index is 12.6. The summed E-state index contributed by atoms with van der Waals surface area (Å²) in [6.45, 7) is 5.86. The number of nitrogens with zero attached hydrogens (tertiary/aromatic N) is 3. The van der Waals surface area contributed by atoms with Gasteiger partial charge in [0.15, 0.2) is 0 Å². The van der Waals surface area contributed by atoms with Crippen LogP contribution in [0.5, 0.6) is 0 Å². The van der Waals surface area contributed by atoms with Crippen LogP contribution in [0.2, 0.25) is 0 Å². The Balaban J connectivity index is 0.00000156. The summed E-state index contributed by atoms with van der Waals surface area (Å²) in [7, 11) is 0. The highest BCUT2D eigenvalue weighted by Gasteiger charge is 2.29. The molecule has 5 nitrogen and oxygen atoms in total. The lowest BCUT2D eigenvalue weighted by molar-refractivity contribution is -0.133. The predicted octanol–water partition coefficient (Wildman–Crippen LogP) is 2.65. The van der Waals surface area contributed by atoms with Crippen LogP contribution in [0.25, 0.3) is 0 Å². The normalized spacial score (nSPS) is 20.5. The van der Waals surface area contributed by atoms with E-state index in [1.165, 1.54) is 0 Å². The highest BCUT2D eigenvalue weighted by atomic mass is 35.5. The zero-order chi connectivity index (χ0) is 16.1. The van der Waals surface area contributed by atoms with Gasteiger partial charge >= 0.3 is 0 Å². The molecule has 2 saturated heterocycles. The molecule has 0 spiro atoms. The van der Waals surface area contributed by atoms with Crippen molar-refractivity contribution in [2.45, 2.75) is 25.8 Å². The average molecular weight is 407 g/mol. The number of aromatic nitrogens is 1. The van der Waals surface area contributed by atoms with Gasteiger partial charge < -0.3 is 9.80 Å². The number of hydrogen-bond acceptors (Lipinski definition) is 5. The standard InChI is InChI=1S/C17H26N4OS.2ClH/c1-2-20(17(22)15-12-23-13-19-15)11-14-6-9-21(10-7-14)16-5-3-4-8-18-16;;/h3-5,8,14-15,19H,2,6-7,9-13H2,1H3;2*1H. The van der Waals surface area contributed by atoms with E-state index in [2.05, 4.69) is 28.2 Å². The minimum Gasteiger partial charge on any atom is -0.357 e. The van der Waals surface area contributed by atoms with Crippen LogP contribution in [0.15, 0.2) is 24.4 Å². The Bertz CT molecular complexity index is 509. The molecule has 3 rings (SSSR count). The quantitative estimate of drug-likeness (QED) is 0.813. The molecule has 1 unspecified atom stereocenters. The van der Waals surface area contributed by atoms with Crippen molar-refractivity contribution in [3.63, 3.8) is 0 Å². The number of carbonyl (C=O) groups is 1. The number of likely N-dealkylation sites (N-methyl/N-ethyl adjacent to an activating group) is 1. The molecule has 2 aliphatic rings. The summed E-state index contributed by atoms with van der Waals surface area (Å²) in [5, 5.41) is 3.29. The fourth-order valence-electron chi connectivity index (χ4n) is 3.35. The molecule has 1 atom stereocenters. The molecule has 25 heavy (non-hydrogen) atoms. The van der Waals surface area contributed by atoms with Gasteiger partial charge in [-0.3, -0.25) is 10.1 Å². The molecular weight excluding hydrogens is 379 g/mol. The Morgan fingerprint density at radius 1 is 1.36 bits per heavy atom. The first-order chi connectivity index (χ1) is 11.3. The number of anilines is 1. The average Bonchev–Trinajstić information content (AvgIpc) is 3.15. The van der Waals surface area contributed by atoms with Gasteiger partial charge in [0, 0.05) is 44.0 Å². The van der Waals surface area contributed by atoms with Gasteiger partial charge in [-0.25, -0.2) is 4.98 Å². The smallest absolute Gasteiger partial charge is 0.240 e. The van der Waals surface area contributed by atoms with Crippen molar-refractivity contribution in [2.24, 2.45) is 5.92 Å². The molecule has 2 fully saturated rings. The van der Waals surface area contributed by atoms with Crippen molar-refractivity contribution >= 4 is 48.3 Å². The predicted molar refractivity (Wildman–Crippen MR) is 110 cm³/mol. The molecule has 1 amide bonds. The van der Waals surface area contributed by atoms with Gasteiger partial charge in [0.05, 0.1) is 6.04 Å². The summed E-state index contributed by atoms with van der Waals surface area (Å²) >= 11 is 1.81. The molecule has 0 aliphatic carbocycles. The lowest BCUT2D eigenvalue weighted by atomic mass is 9.96. The lowest BCUT2D eigenvalue weighted by Crippen LogP contribution is -2.48. The fourth-order valence-corrected chi connectivity index (χ4v) is 4.28. The second-order valence-corrected chi connectivity index (χ2v) is 7.30. The van der Waals surface area contributed by atoms with Crippen LogP contribution < -0.4 is 10.2 Å². The Hall–Kier alpha value is -0.690. The first kappa shape index (κ1) is 22.4. The van der Waals surface area contributed by atoms with E-state index in [4.69, 9.17) is 0 Å². The first-order valence-corrected chi connectivity index (χ1v) is 9.69. The van der Waals surface area contributed by atoms with Crippen LogP contribution in [0.1, 0.15) is 19.8 Å². The van der Waals surface area contributed by atoms with Gasteiger partial charge in [0.1, 0.15) is 5.82 Å². The van der Waals surface area contributed by atoms with E-state index in [1.807, 2.05) is 35.0 Å². The third-order valence-corrected chi connectivity index (χ3v) is 5.71. The van der Waals surface area contributed by atoms with Gasteiger partial charge in [-0.2, -0.15) is 0 Å². The molecule has 1 aromatic heterocycles. The first-order valence-electron chi connectivity index (χ1n) is 8.54. The molecule has 0 radical (unpaired) electrons. The van der Waals surface area contributed by atoms with Crippen molar-refractivity contribution in [2.75, 3.05) is 42.7 Å². The SMILES string of the molecule is CCN(CC1CCN(c2ccccn2)CC1)C(=O)C1CSCN1.Cl.Cl. The van der Waals surface area contributed by atoms with Crippen LogP contribution in [-0.2, 0) is 4.79 Å². The van der Waals surface area contributed by atoms with E-state index in [1.54, 1.807) is 0 Å². The highest BCUT2D eigenvalue weighted by molar-refractivity contribution is 7.99. The molecule has 142 valence electrons. The van der Waals surface area contributed by atoms with E-state index < -0.39 is 0 Å². The van der Waals surface area contributed by atoms with E-state index in [0.717, 1.165) is 56.5 Å². The summed E-state index contributed by atoms with van der Waals surface area (Å²) in [6, 6.07) is 6.09. The number of piperidine rings is 1. The number of hydrogen-bond donors (Lipinski definition) is 1. The second kappa shape index (κ2) is 11.1. The minimum atomic E-state index is 0. The van der Waals surface area contributed by atoms with Crippen LogP contribution in [0.4, 0.5) is 5.82 Å². The Morgan fingerprint density at radius 2 is 2.12 bits per heavy atom. The fraction of sp³-hybridized carbons (Fsp3) is 0.647. The zero-order valence-corrected chi connectivity index (χ0v) is 17.0. The Morgan fingerprint density at radius 3 is 2.68 bits per heavy atom. The van der Waals surface area contributed by atoms with Gasteiger partial charge in [-0.1, -0.05) is 6.07 Å². The van der Waals surface area contributed by atoms with Crippen molar-refractivity contribution in [3.05, 3.63) is 24.4 Å². The molecule has 2 aliphatic heterocycles. The van der Waals surface area contributed by atoms with E-state index in [0.29, 0.717) is 5.92 Å². The number of rotatable bonds is 5. The van der Waals surface area contributed by atoms with Crippen LogP contribution in [-0.4, -0.2) is 59.6 Å². The van der Waals surface area contributed by atoms with E-state index in [-0.39, 0.29) is 36.8 Å². The molecule has 0 bridgehead atoms. The third-order valence-electron chi connectivity index (χ3n) is 4.77.